The van der Waals surface area contributed by atoms with E-state index in [9.17, 15) is 9.59 Å². The third kappa shape index (κ3) is 4.65. The second kappa shape index (κ2) is 8.38. The highest BCUT2D eigenvalue weighted by molar-refractivity contribution is 6.31. The molecule has 0 aliphatic carbocycles. The summed E-state index contributed by atoms with van der Waals surface area (Å²) in [7, 11) is 1.57. The summed E-state index contributed by atoms with van der Waals surface area (Å²) in [5.74, 6) is 0.00636. The molecule has 27 heavy (non-hydrogen) atoms. The average Bonchev–Trinajstić information content (AvgIpc) is 2.69. The molecule has 0 heterocycles. The monoisotopic (exact) mass is 380 g/mol. The first-order valence-corrected chi connectivity index (χ1v) is 8.56. The molecule has 0 aromatic heterocycles. The summed E-state index contributed by atoms with van der Waals surface area (Å²) >= 11 is 6.05. The Bertz CT molecular complexity index is 957. The van der Waals surface area contributed by atoms with Gasteiger partial charge in [0.05, 0.1) is 18.4 Å². The Labute approximate surface area is 161 Å². The lowest BCUT2D eigenvalue weighted by molar-refractivity contribution is 0.102. The van der Waals surface area contributed by atoms with E-state index in [0.717, 1.165) is 0 Å². The van der Waals surface area contributed by atoms with Crippen molar-refractivity contribution in [3.05, 3.63) is 88.9 Å². The predicted molar refractivity (Wildman–Crippen MR) is 107 cm³/mol. The molecule has 5 nitrogen and oxygen atoms in total. The van der Waals surface area contributed by atoms with Crippen molar-refractivity contribution in [3.8, 4) is 5.75 Å². The van der Waals surface area contributed by atoms with Crippen molar-refractivity contribution in [1.29, 1.82) is 0 Å². The van der Waals surface area contributed by atoms with Crippen LogP contribution in [-0.2, 0) is 0 Å². The van der Waals surface area contributed by atoms with E-state index in [1.807, 2.05) is 6.07 Å². The normalized spacial score (nSPS) is 10.1. The molecule has 0 bridgehead atoms. The zero-order valence-corrected chi connectivity index (χ0v) is 15.3. The first kappa shape index (κ1) is 18.5. The zero-order chi connectivity index (χ0) is 19.2. The van der Waals surface area contributed by atoms with Gasteiger partial charge in [-0.25, -0.2) is 0 Å². The first-order valence-electron chi connectivity index (χ1n) is 8.18. The summed E-state index contributed by atoms with van der Waals surface area (Å²) in [5, 5.41) is 5.96. The molecule has 2 N–H and O–H groups in total. The lowest BCUT2D eigenvalue weighted by Gasteiger charge is -2.12. The van der Waals surface area contributed by atoms with Gasteiger partial charge in [-0.15, -0.1) is 0 Å². The second-order valence-corrected chi connectivity index (χ2v) is 6.13. The Hall–Kier alpha value is -3.31. The first-order chi connectivity index (χ1) is 13.1. The lowest BCUT2D eigenvalue weighted by atomic mass is 10.1. The van der Waals surface area contributed by atoms with Crippen molar-refractivity contribution in [2.45, 2.75) is 0 Å². The number of carbonyl (C=O) groups is 2. The van der Waals surface area contributed by atoms with E-state index < -0.39 is 0 Å². The Morgan fingerprint density at radius 2 is 1.56 bits per heavy atom. The van der Waals surface area contributed by atoms with Crippen molar-refractivity contribution in [1.82, 2.24) is 0 Å². The summed E-state index contributed by atoms with van der Waals surface area (Å²) in [4.78, 5) is 25.1. The molecule has 0 saturated heterocycles. The minimum absolute atomic E-state index is 0.305. The van der Waals surface area contributed by atoms with Crippen LogP contribution in [0.2, 0.25) is 5.02 Å². The molecule has 0 radical (unpaired) electrons. The Morgan fingerprint density at radius 1 is 0.852 bits per heavy atom. The van der Waals surface area contributed by atoms with Crippen molar-refractivity contribution in [2.75, 3.05) is 17.7 Å². The van der Waals surface area contributed by atoms with Gasteiger partial charge < -0.3 is 15.4 Å². The number of amides is 2. The number of hydrogen-bond acceptors (Lipinski definition) is 3. The molecular weight excluding hydrogens is 364 g/mol. The highest BCUT2D eigenvalue weighted by atomic mass is 35.5. The van der Waals surface area contributed by atoms with Gasteiger partial charge in [0.25, 0.3) is 11.8 Å². The third-order valence-corrected chi connectivity index (χ3v) is 4.09. The molecule has 136 valence electrons. The van der Waals surface area contributed by atoms with Gasteiger partial charge >= 0.3 is 0 Å². The minimum Gasteiger partial charge on any atom is -0.497 e. The van der Waals surface area contributed by atoms with Gasteiger partial charge in [0.1, 0.15) is 5.75 Å². The maximum atomic E-state index is 12.7. The smallest absolute Gasteiger partial charge is 0.257 e. The molecule has 0 saturated carbocycles. The number of nitrogens with one attached hydrogen (secondary N) is 2. The number of rotatable bonds is 5. The van der Waals surface area contributed by atoms with Crippen LogP contribution in [0.1, 0.15) is 20.7 Å². The number of anilines is 2. The molecule has 0 atom stereocenters. The molecule has 2 amide bonds. The van der Waals surface area contributed by atoms with Crippen molar-refractivity contribution < 1.29 is 14.3 Å². The van der Waals surface area contributed by atoms with Crippen molar-refractivity contribution in [2.24, 2.45) is 0 Å². The van der Waals surface area contributed by atoms with E-state index in [4.69, 9.17) is 16.3 Å². The van der Waals surface area contributed by atoms with E-state index >= 15 is 0 Å². The van der Waals surface area contributed by atoms with Gasteiger partial charge in [-0.05, 0) is 54.6 Å². The molecule has 3 rings (SSSR count). The quantitative estimate of drug-likeness (QED) is 0.664. The van der Waals surface area contributed by atoms with Crippen LogP contribution in [0.3, 0.4) is 0 Å². The van der Waals surface area contributed by atoms with Crippen LogP contribution in [-0.4, -0.2) is 18.9 Å². The van der Waals surface area contributed by atoms with E-state index in [2.05, 4.69) is 10.6 Å². The fraction of sp³-hybridized carbons (Fsp3) is 0.0476. The number of ether oxygens (including phenoxy) is 1. The topological polar surface area (TPSA) is 67.4 Å². The fourth-order valence-corrected chi connectivity index (χ4v) is 2.65. The van der Waals surface area contributed by atoms with E-state index in [1.54, 1.807) is 73.8 Å². The van der Waals surface area contributed by atoms with Crippen LogP contribution < -0.4 is 15.4 Å². The second-order valence-electron chi connectivity index (χ2n) is 5.69. The van der Waals surface area contributed by atoms with E-state index in [1.165, 1.54) is 0 Å². The van der Waals surface area contributed by atoms with Crippen LogP contribution in [0.5, 0.6) is 5.75 Å². The van der Waals surface area contributed by atoms with Gasteiger partial charge in [-0.1, -0.05) is 29.8 Å². The van der Waals surface area contributed by atoms with Crippen LogP contribution in [0, 0.1) is 0 Å². The molecule has 0 aliphatic rings. The summed E-state index contributed by atoms with van der Waals surface area (Å²) in [6.07, 6.45) is 0. The number of benzene rings is 3. The maximum absolute atomic E-state index is 12.7. The van der Waals surface area contributed by atoms with Gasteiger partial charge in [-0.2, -0.15) is 0 Å². The number of carbonyl (C=O) groups excluding carboxylic acids is 2. The average molecular weight is 381 g/mol. The molecule has 0 unspecified atom stereocenters. The van der Waals surface area contributed by atoms with Crippen LogP contribution in [0.15, 0.2) is 72.8 Å². The summed E-state index contributed by atoms with van der Waals surface area (Å²) in [5.41, 5.74) is 1.73. The van der Waals surface area contributed by atoms with Crippen LogP contribution in [0.4, 0.5) is 11.4 Å². The van der Waals surface area contributed by atoms with Gasteiger partial charge in [0.2, 0.25) is 0 Å². The third-order valence-electron chi connectivity index (χ3n) is 3.86. The predicted octanol–water partition coefficient (Wildman–Crippen LogP) is 4.85. The van der Waals surface area contributed by atoms with Gasteiger partial charge in [-0.3, -0.25) is 9.59 Å². The summed E-state index contributed by atoms with van der Waals surface area (Å²) < 4.78 is 5.10. The number of hydrogen-bond donors (Lipinski definition) is 2. The largest absolute Gasteiger partial charge is 0.497 e. The van der Waals surface area contributed by atoms with Gasteiger partial charge in [0, 0.05) is 16.3 Å². The van der Waals surface area contributed by atoms with E-state index in [-0.39, 0.29) is 11.8 Å². The highest BCUT2D eigenvalue weighted by Crippen LogP contribution is 2.24. The van der Waals surface area contributed by atoms with Gasteiger partial charge in [0.15, 0.2) is 0 Å². The molecule has 0 spiro atoms. The zero-order valence-electron chi connectivity index (χ0n) is 14.5. The molecule has 0 fully saturated rings. The Balaban J connectivity index is 1.82. The molecular formula is C21H17ClN2O3. The number of methoxy groups -OCH3 is 1. The molecule has 3 aromatic carbocycles. The van der Waals surface area contributed by atoms with Crippen LogP contribution >= 0.6 is 11.6 Å². The van der Waals surface area contributed by atoms with Crippen molar-refractivity contribution >= 4 is 34.8 Å². The van der Waals surface area contributed by atoms with Crippen LogP contribution in [0.25, 0.3) is 0 Å². The number of halogens is 1. The Morgan fingerprint density at radius 3 is 2.22 bits per heavy atom. The molecule has 3 aromatic rings. The lowest BCUT2D eigenvalue weighted by Crippen LogP contribution is -2.18. The van der Waals surface area contributed by atoms with Crippen molar-refractivity contribution in [3.63, 3.8) is 0 Å². The standard InChI is InChI=1S/C21H17ClN2O3/c1-27-17-10-8-16(9-11-17)23-21(26)18-12-7-15(22)13-19(18)24-20(25)14-5-3-2-4-6-14/h2-13H,1H3,(H,23,26)(H,24,25). The molecule has 0 aliphatic heterocycles. The maximum Gasteiger partial charge on any atom is 0.257 e. The molecule has 6 heteroatoms. The summed E-state index contributed by atoms with van der Waals surface area (Å²) in [6, 6.07) is 20.4. The summed E-state index contributed by atoms with van der Waals surface area (Å²) in [6.45, 7) is 0. The SMILES string of the molecule is COc1ccc(NC(=O)c2ccc(Cl)cc2NC(=O)c2ccccc2)cc1. The highest BCUT2D eigenvalue weighted by Gasteiger charge is 2.15. The fourth-order valence-electron chi connectivity index (χ4n) is 2.47. The van der Waals surface area contributed by atoms with E-state index in [0.29, 0.717) is 33.3 Å². The Kier molecular flexibility index (Phi) is 5.74. The minimum atomic E-state index is -0.361.